The maximum Gasteiger partial charge on any atom is 0.254 e. The lowest BCUT2D eigenvalue weighted by Crippen LogP contribution is -2.38. The highest BCUT2D eigenvalue weighted by Crippen LogP contribution is 2.10. The van der Waals surface area contributed by atoms with Crippen molar-refractivity contribution >= 4 is 18.3 Å². The van der Waals surface area contributed by atoms with Crippen LogP contribution in [-0.2, 0) is 6.54 Å². The monoisotopic (exact) mass is 347 g/mol. The molecule has 0 atom stereocenters. The fourth-order valence-corrected chi connectivity index (χ4v) is 2.53. The Morgan fingerprint density at radius 1 is 1.00 bits per heavy atom. The van der Waals surface area contributed by atoms with Gasteiger partial charge in [0.15, 0.2) is 0 Å². The smallest absolute Gasteiger partial charge is 0.254 e. The largest absolute Gasteiger partial charge is 0.333 e. The molecule has 2 aromatic rings. The third kappa shape index (κ3) is 5.95. The molecule has 0 aliphatic heterocycles. The SMILES string of the molecule is CCN(CC)CCN(Cc1cccnc1)C(=O)c1ccccc1.Cl. The lowest BCUT2D eigenvalue weighted by Gasteiger charge is -2.26. The molecule has 1 aromatic carbocycles. The van der Waals surface area contributed by atoms with E-state index in [2.05, 4.69) is 23.7 Å². The summed E-state index contributed by atoms with van der Waals surface area (Å²) < 4.78 is 0. The summed E-state index contributed by atoms with van der Waals surface area (Å²) in [4.78, 5) is 21.2. The van der Waals surface area contributed by atoms with E-state index in [0.29, 0.717) is 13.1 Å². The molecular formula is C19H26ClN3O. The van der Waals surface area contributed by atoms with Crippen molar-refractivity contribution in [3.63, 3.8) is 0 Å². The van der Waals surface area contributed by atoms with Crippen LogP contribution in [0.2, 0.25) is 0 Å². The number of benzene rings is 1. The molecule has 0 N–H and O–H groups in total. The topological polar surface area (TPSA) is 36.4 Å². The van der Waals surface area contributed by atoms with E-state index in [9.17, 15) is 4.79 Å². The molecule has 1 heterocycles. The van der Waals surface area contributed by atoms with Crippen molar-refractivity contribution in [3.8, 4) is 0 Å². The lowest BCUT2D eigenvalue weighted by atomic mass is 10.1. The van der Waals surface area contributed by atoms with Gasteiger partial charge in [-0.2, -0.15) is 0 Å². The zero-order valence-electron chi connectivity index (χ0n) is 14.4. The number of nitrogens with zero attached hydrogens (tertiary/aromatic N) is 3. The van der Waals surface area contributed by atoms with E-state index in [1.165, 1.54) is 0 Å². The van der Waals surface area contributed by atoms with Crippen molar-refractivity contribution in [2.45, 2.75) is 20.4 Å². The highest BCUT2D eigenvalue weighted by atomic mass is 35.5. The van der Waals surface area contributed by atoms with E-state index in [-0.39, 0.29) is 18.3 Å². The molecule has 0 aliphatic rings. The Bertz CT molecular complexity index is 588. The Balaban J connectivity index is 0.00000288. The number of pyridine rings is 1. The number of carbonyl (C=O) groups excluding carboxylic acids is 1. The average Bonchev–Trinajstić information content (AvgIpc) is 2.62. The summed E-state index contributed by atoms with van der Waals surface area (Å²) >= 11 is 0. The van der Waals surface area contributed by atoms with Crippen LogP contribution in [0, 0.1) is 0 Å². The van der Waals surface area contributed by atoms with Gasteiger partial charge in [0.25, 0.3) is 5.91 Å². The first-order valence-corrected chi connectivity index (χ1v) is 8.20. The first-order chi connectivity index (χ1) is 11.2. The molecule has 5 heteroatoms. The Labute approximate surface area is 150 Å². The van der Waals surface area contributed by atoms with Gasteiger partial charge in [0.1, 0.15) is 0 Å². The van der Waals surface area contributed by atoms with Gasteiger partial charge in [-0.15, -0.1) is 12.4 Å². The highest BCUT2D eigenvalue weighted by Gasteiger charge is 2.16. The average molecular weight is 348 g/mol. The number of hydrogen-bond acceptors (Lipinski definition) is 3. The van der Waals surface area contributed by atoms with Gasteiger partial charge in [0.05, 0.1) is 0 Å². The summed E-state index contributed by atoms with van der Waals surface area (Å²) in [5.74, 6) is 0.0709. The predicted molar refractivity (Wildman–Crippen MR) is 100 cm³/mol. The zero-order valence-corrected chi connectivity index (χ0v) is 15.2. The summed E-state index contributed by atoms with van der Waals surface area (Å²) in [5, 5.41) is 0. The minimum atomic E-state index is 0. The molecule has 0 spiro atoms. The van der Waals surface area contributed by atoms with Gasteiger partial charge in [0.2, 0.25) is 0 Å². The van der Waals surface area contributed by atoms with Crippen LogP contribution >= 0.6 is 12.4 Å². The molecule has 2 rings (SSSR count). The van der Waals surface area contributed by atoms with Crippen molar-refractivity contribution < 1.29 is 4.79 Å². The second kappa shape index (κ2) is 10.8. The normalized spacial score (nSPS) is 10.3. The highest BCUT2D eigenvalue weighted by molar-refractivity contribution is 5.94. The van der Waals surface area contributed by atoms with Gasteiger partial charge in [-0.25, -0.2) is 0 Å². The first kappa shape index (κ1) is 20.1. The quantitative estimate of drug-likeness (QED) is 0.733. The number of aromatic nitrogens is 1. The standard InChI is InChI=1S/C19H25N3O.ClH/c1-3-21(4-2)13-14-22(16-17-9-8-12-20-15-17)19(23)18-10-6-5-7-11-18;/h5-12,15H,3-4,13-14,16H2,1-2H3;1H. The Morgan fingerprint density at radius 3 is 2.29 bits per heavy atom. The molecule has 0 radical (unpaired) electrons. The number of halogens is 1. The Hall–Kier alpha value is -1.91. The number of amides is 1. The Kier molecular flexibility index (Phi) is 9.05. The number of rotatable bonds is 8. The lowest BCUT2D eigenvalue weighted by molar-refractivity contribution is 0.0724. The van der Waals surface area contributed by atoms with E-state index >= 15 is 0 Å². The van der Waals surface area contributed by atoms with Crippen LogP contribution < -0.4 is 0 Å². The minimum absolute atomic E-state index is 0. The van der Waals surface area contributed by atoms with Crippen molar-refractivity contribution in [3.05, 3.63) is 66.0 Å². The molecule has 0 saturated heterocycles. The molecule has 0 bridgehead atoms. The minimum Gasteiger partial charge on any atom is -0.333 e. The molecule has 0 saturated carbocycles. The Morgan fingerprint density at radius 2 is 1.71 bits per heavy atom. The zero-order chi connectivity index (χ0) is 16.5. The van der Waals surface area contributed by atoms with Gasteiger partial charge in [-0.1, -0.05) is 38.1 Å². The van der Waals surface area contributed by atoms with E-state index in [1.54, 1.807) is 6.20 Å². The van der Waals surface area contributed by atoms with Crippen LogP contribution in [0.25, 0.3) is 0 Å². The third-order valence-electron chi connectivity index (χ3n) is 3.98. The molecule has 1 aromatic heterocycles. The fraction of sp³-hybridized carbons (Fsp3) is 0.368. The van der Waals surface area contributed by atoms with Crippen LogP contribution in [0.15, 0.2) is 54.9 Å². The van der Waals surface area contributed by atoms with Gasteiger partial charge < -0.3 is 9.80 Å². The van der Waals surface area contributed by atoms with Crippen LogP contribution in [0.4, 0.5) is 0 Å². The molecule has 24 heavy (non-hydrogen) atoms. The molecule has 130 valence electrons. The van der Waals surface area contributed by atoms with E-state index < -0.39 is 0 Å². The van der Waals surface area contributed by atoms with Crippen molar-refractivity contribution in [2.24, 2.45) is 0 Å². The van der Waals surface area contributed by atoms with Gasteiger partial charge >= 0.3 is 0 Å². The summed E-state index contributed by atoms with van der Waals surface area (Å²) in [5.41, 5.74) is 1.78. The van der Waals surface area contributed by atoms with Gasteiger partial charge in [-0.05, 0) is 36.9 Å². The summed E-state index contributed by atoms with van der Waals surface area (Å²) in [6, 6.07) is 13.4. The second-order valence-corrected chi connectivity index (χ2v) is 5.48. The van der Waals surface area contributed by atoms with E-state index in [1.807, 2.05) is 53.6 Å². The maximum absolute atomic E-state index is 12.8. The van der Waals surface area contributed by atoms with Crippen LogP contribution in [0.1, 0.15) is 29.8 Å². The van der Waals surface area contributed by atoms with Crippen molar-refractivity contribution in [2.75, 3.05) is 26.2 Å². The van der Waals surface area contributed by atoms with Crippen LogP contribution in [0.3, 0.4) is 0 Å². The van der Waals surface area contributed by atoms with Gasteiger partial charge in [0, 0.05) is 37.6 Å². The van der Waals surface area contributed by atoms with Crippen molar-refractivity contribution in [1.82, 2.24) is 14.8 Å². The van der Waals surface area contributed by atoms with Gasteiger partial charge in [-0.3, -0.25) is 9.78 Å². The number of carbonyl (C=O) groups is 1. The van der Waals surface area contributed by atoms with Crippen molar-refractivity contribution in [1.29, 1.82) is 0 Å². The molecule has 0 unspecified atom stereocenters. The second-order valence-electron chi connectivity index (χ2n) is 5.48. The maximum atomic E-state index is 12.8. The molecule has 0 fully saturated rings. The number of likely N-dealkylation sites (N-methyl/N-ethyl adjacent to an activating group) is 1. The van der Waals surface area contributed by atoms with Crippen LogP contribution in [-0.4, -0.2) is 46.9 Å². The molecule has 0 aliphatic carbocycles. The summed E-state index contributed by atoms with van der Waals surface area (Å²) in [6.45, 7) is 8.47. The van der Waals surface area contributed by atoms with E-state index in [4.69, 9.17) is 0 Å². The summed E-state index contributed by atoms with van der Waals surface area (Å²) in [6.07, 6.45) is 3.57. The first-order valence-electron chi connectivity index (χ1n) is 8.20. The molecular weight excluding hydrogens is 322 g/mol. The van der Waals surface area contributed by atoms with E-state index in [0.717, 1.165) is 30.8 Å². The molecule has 4 nitrogen and oxygen atoms in total. The molecule has 1 amide bonds. The predicted octanol–water partition coefficient (Wildman–Crippen LogP) is 3.49. The fourth-order valence-electron chi connectivity index (χ4n) is 2.53. The third-order valence-corrected chi connectivity index (χ3v) is 3.98. The van der Waals surface area contributed by atoms with Crippen LogP contribution in [0.5, 0.6) is 0 Å². The summed E-state index contributed by atoms with van der Waals surface area (Å²) in [7, 11) is 0. The number of hydrogen-bond donors (Lipinski definition) is 0.